The van der Waals surface area contributed by atoms with E-state index in [4.69, 9.17) is 9.47 Å². The minimum atomic E-state index is -3.86. The molecule has 4 bridgehead atoms. The topological polar surface area (TPSA) is 160 Å². The van der Waals surface area contributed by atoms with Gasteiger partial charge in [-0.15, -0.1) is 6.58 Å². The molecule has 0 radical (unpaired) electrons. The molecule has 3 N–H and O–H groups in total. The Morgan fingerprint density at radius 3 is 2.63 bits per heavy atom. The second kappa shape index (κ2) is 13.2. The number of hydrogen-bond acceptors (Lipinski definition) is 8. The molecule has 0 spiro atoms. The number of nitrogens with one attached hydrogen (secondary N) is 3. The van der Waals surface area contributed by atoms with Gasteiger partial charge < -0.3 is 25.0 Å². The lowest BCUT2D eigenvalue weighted by molar-refractivity contribution is -0.143. The van der Waals surface area contributed by atoms with Crippen LogP contribution in [-0.2, 0) is 40.5 Å². The standard InChI is InChI=1S/C33H44N4O8S/c1-5-23-18-33(23,30(40)36-46(42,43)25-13-14-25)35-28(38)26-17-24-19-37(26)29(39)27(32(2,3)4)34-31(41)44-15-8-6-7-10-21-11-9-12-22(16-21)20-45-24/h5,7,9-12,16,23-27H,1,6,8,13-15,17-20H2,2-4H3,(H,34,41)(H,35,38)(H,36,40)/b10-7+/t23-,24+,26-,27+,33-/m0/s1. The summed E-state index contributed by atoms with van der Waals surface area (Å²) in [6.07, 6.45) is 6.81. The van der Waals surface area contributed by atoms with Crippen molar-refractivity contribution in [3.05, 3.63) is 54.1 Å². The second-order valence-electron chi connectivity index (χ2n) is 13.7. The number of cyclic esters (lactones) is 1. The van der Waals surface area contributed by atoms with Crippen LogP contribution in [0.1, 0.15) is 70.4 Å². The lowest BCUT2D eigenvalue weighted by atomic mass is 9.85. The summed E-state index contributed by atoms with van der Waals surface area (Å²) in [4.78, 5) is 55.7. The third kappa shape index (κ3) is 7.63. The van der Waals surface area contributed by atoms with E-state index in [2.05, 4.69) is 21.9 Å². The van der Waals surface area contributed by atoms with Gasteiger partial charge in [-0.2, -0.15) is 0 Å². The van der Waals surface area contributed by atoms with Gasteiger partial charge in [0.2, 0.25) is 21.8 Å². The molecule has 2 heterocycles. The van der Waals surface area contributed by atoms with Crippen molar-refractivity contribution in [3.8, 4) is 0 Å². The summed E-state index contributed by atoms with van der Waals surface area (Å²) in [6.45, 7) is 9.64. The maximum atomic E-state index is 14.2. The van der Waals surface area contributed by atoms with Crippen molar-refractivity contribution in [2.75, 3.05) is 13.2 Å². The van der Waals surface area contributed by atoms with Crippen LogP contribution in [-0.4, -0.2) is 79.3 Å². The van der Waals surface area contributed by atoms with E-state index in [9.17, 15) is 27.6 Å². The highest BCUT2D eigenvalue weighted by Crippen LogP contribution is 2.45. The number of allylic oxidation sites excluding steroid dienone is 1. The van der Waals surface area contributed by atoms with Gasteiger partial charge in [-0.05, 0) is 54.7 Å². The van der Waals surface area contributed by atoms with Crippen molar-refractivity contribution >= 4 is 39.9 Å². The van der Waals surface area contributed by atoms with Crippen LogP contribution >= 0.6 is 0 Å². The summed E-state index contributed by atoms with van der Waals surface area (Å²) in [5.41, 5.74) is -0.331. The predicted molar refractivity (Wildman–Crippen MR) is 170 cm³/mol. The smallest absolute Gasteiger partial charge is 0.407 e. The van der Waals surface area contributed by atoms with Crippen molar-refractivity contribution in [2.45, 2.75) is 94.9 Å². The molecular weight excluding hydrogens is 612 g/mol. The average molecular weight is 657 g/mol. The van der Waals surface area contributed by atoms with Gasteiger partial charge in [0.25, 0.3) is 5.91 Å². The van der Waals surface area contributed by atoms with E-state index in [0.29, 0.717) is 25.7 Å². The summed E-state index contributed by atoms with van der Waals surface area (Å²) >= 11 is 0. The summed E-state index contributed by atoms with van der Waals surface area (Å²) in [5, 5.41) is 4.88. The zero-order valence-electron chi connectivity index (χ0n) is 26.6. The van der Waals surface area contributed by atoms with Crippen molar-refractivity contribution < 1.29 is 37.1 Å². The first-order chi connectivity index (χ1) is 21.7. The zero-order valence-corrected chi connectivity index (χ0v) is 27.4. The zero-order chi connectivity index (χ0) is 33.3. The van der Waals surface area contributed by atoms with E-state index in [1.54, 1.807) is 20.8 Å². The predicted octanol–water partition coefficient (Wildman–Crippen LogP) is 2.79. The first-order valence-electron chi connectivity index (χ1n) is 15.8. The number of carbonyl (C=O) groups excluding carboxylic acids is 4. The number of benzene rings is 1. The summed E-state index contributed by atoms with van der Waals surface area (Å²) in [5.74, 6) is -2.40. The molecule has 46 heavy (non-hydrogen) atoms. The van der Waals surface area contributed by atoms with Gasteiger partial charge in [-0.1, -0.05) is 57.2 Å². The molecule has 3 fully saturated rings. The van der Waals surface area contributed by atoms with E-state index in [0.717, 1.165) is 11.1 Å². The van der Waals surface area contributed by atoms with Gasteiger partial charge in [0.15, 0.2) is 0 Å². The molecular formula is C33H44N4O8S. The van der Waals surface area contributed by atoms with Crippen LogP contribution in [0.5, 0.6) is 0 Å². The van der Waals surface area contributed by atoms with Gasteiger partial charge in [-0.25, -0.2) is 13.2 Å². The number of carbonyl (C=O) groups is 4. The number of alkyl carbamates (subject to hydrolysis) is 1. The second-order valence-corrected chi connectivity index (χ2v) is 15.7. The molecule has 1 aromatic rings. The quantitative estimate of drug-likeness (QED) is 0.394. The molecule has 5 rings (SSSR count). The van der Waals surface area contributed by atoms with Gasteiger partial charge in [-0.3, -0.25) is 19.1 Å². The number of sulfonamides is 1. The monoisotopic (exact) mass is 656 g/mol. The Hall–Kier alpha value is -3.71. The third-order valence-corrected chi connectivity index (χ3v) is 10.8. The molecule has 2 aliphatic carbocycles. The Morgan fingerprint density at radius 2 is 1.96 bits per heavy atom. The Bertz CT molecular complexity index is 1520. The number of rotatable bonds is 6. The van der Waals surface area contributed by atoms with Crippen molar-refractivity contribution in [1.29, 1.82) is 0 Å². The number of hydrogen-bond donors (Lipinski definition) is 3. The van der Waals surface area contributed by atoms with E-state index in [1.807, 2.05) is 36.4 Å². The molecule has 5 atom stereocenters. The highest BCUT2D eigenvalue weighted by atomic mass is 32.2. The van der Waals surface area contributed by atoms with Crippen LogP contribution in [0, 0.1) is 11.3 Å². The molecule has 12 nitrogen and oxygen atoms in total. The SMILES string of the molecule is C=C[C@H]1C[C@@]1(NC(=O)[C@@H]1C[C@@H]2CN1C(=O)[C@H](C(C)(C)C)NC(=O)OCCC/C=C/c1cccc(c1)CO2)C(=O)NS(=O)(=O)C1CC1. The van der Waals surface area contributed by atoms with Crippen molar-refractivity contribution in [1.82, 2.24) is 20.3 Å². The highest BCUT2D eigenvalue weighted by molar-refractivity contribution is 7.91. The van der Waals surface area contributed by atoms with Crippen LogP contribution in [0.3, 0.4) is 0 Å². The Balaban J connectivity index is 1.41. The molecule has 4 amide bonds. The minimum absolute atomic E-state index is 0.0694. The van der Waals surface area contributed by atoms with E-state index in [1.165, 1.54) is 11.0 Å². The van der Waals surface area contributed by atoms with E-state index >= 15 is 0 Å². The van der Waals surface area contributed by atoms with Crippen LogP contribution in [0.25, 0.3) is 6.08 Å². The number of nitrogens with zero attached hydrogens (tertiary/aromatic N) is 1. The number of amides is 4. The van der Waals surface area contributed by atoms with Gasteiger partial charge in [0.05, 0.1) is 24.6 Å². The van der Waals surface area contributed by atoms with Gasteiger partial charge in [0, 0.05) is 18.9 Å². The van der Waals surface area contributed by atoms with Crippen LogP contribution in [0.4, 0.5) is 4.79 Å². The van der Waals surface area contributed by atoms with Gasteiger partial charge in [0.1, 0.15) is 17.6 Å². The number of ether oxygens (including phenoxy) is 2. The van der Waals surface area contributed by atoms with Gasteiger partial charge >= 0.3 is 6.09 Å². The molecule has 1 aromatic carbocycles. The first kappa shape index (κ1) is 33.6. The fourth-order valence-electron chi connectivity index (χ4n) is 5.99. The van der Waals surface area contributed by atoms with Crippen molar-refractivity contribution in [2.24, 2.45) is 11.3 Å². The van der Waals surface area contributed by atoms with E-state index in [-0.39, 0.29) is 32.6 Å². The Labute approximate surface area is 270 Å². The third-order valence-electron chi connectivity index (χ3n) is 8.97. The lowest BCUT2D eigenvalue weighted by Gasteiger charge is -2.35. The fraction of sp³-hybridized carbons (Fsp3) is 0.576. The maximum Gasteiger partial charge on any atom is 0.407 e. The molecule has 0 unspecified atom stereocenters. The number of fused-ring (bicyclic) bond motifs is 4. The van der Waals surface area contributed by atoms with Crippen LogP contribution in [0.2, 0.25) is 0 Å². The average Bonchev–Trinajstić information content (AvgIpc) is 3.92. The van der Waals surface area contributed by atoms with Crippen molar-refractivity contribution in [3.63, 3.8) is 0 Å². The Kier molecular flexibility index (Phi) is 9.65. The molecule has 2 saturated carbocycles. The normalized spacial score (nSPS) is 29.8. The highest BCUT2D eigenvalue weighted by Gasteiger charge is 2.62. The maximum absolute atomic E-state index is 14.2. The minimum Gasteiger partial charge on any atom is -0.450 e. The first-order valence-corrected chi connectivity index (χ1v) is 17.4. The molecule has 4 aliphatic rings. The van der Waals surface area contributed by atoms with E-state index < -0.39 is 74.1 Å². The molecule has 13 heteroatoms. The fourth-order valence-corrected chi connectivity index (χ4v) is 7.35. The molecule has 2 aliphatic heterocycles. The Morgan fingerprint density at radius 1 is 1.20 bits per heavy atom. The largest absolute Gasteiger partial charge is 0.450 e. The summed E-state index contributed by atoms with van der Waals surface area (Å²) in [7, 11) is -3.86. The molecule has 1 saturated heterocycles. The van der Waals surface area contributed by atoms with Crippen LogP contribution in [0.15, 0.2) is 43.0 Å². The summed E-state index contributed by atoms with van der Waals surface area (Å²) in [6, 6.07) is 5.76. The summed E-state index contributed by atoms with van der Waals surface area (Å²) < 4.78 is 38.9. The van der Waals surface area contributed by atoms with Crippen LogP contribution < -0.4 is 15.4 Å². The molecule has 250 valence electrons. The molecule has 0 aromatic heterocycles. The lowest BCUT2D eigenvalue weighted by Crippen LogP contribution is -2.60.